The molecule has 10 nitrogen and oxygen atoms in total. The summed E-state index contributed by atoms with van der Waals surface area (Å²) >= 11 is 0. The Labute approximate surface area is 201 Å². The molecule has 1 aromatic heterocycles. The minimum atomic E-state index is -1.20. The molecular formula is C25H27N3O7. The smallest absolute Gasteiger partial charge is 0.340 e. The molecule has 2 aromatic carbocycles. The first-order chi connectivity index (χ1) is 16.7. The number of fused-ring (bicyclic) bond motifs is 1. The molecule has 0 unspecified atom stereocenters. The van der Waals surface area contributed by atoms with Gasteiger partial charge in [-0.1, -0.05) is 30.3 Å². The minimum absolute atomic E-state index is 0.104. The van der Waals surface area contributed by atoms with Crippen LogP contribution in [0.5, 0.6) is 5.75 Å². The highest BCUT2D eigenvalue weighted by Crippen LogP contribution is 2.25. The van der Waals surface area contributed by atoms with Gasteiger partial charge in [-0.15, -0.1) is 0 Å². The maximum atomic E-state index is 12.6. The number of carboxylic acids is 1. The van der Waals surface area contributed by atoms with Gasteiger partial charge >= 0.3 is 17.6 Å². The SMILES string of the molecule is Cc1c(Cc2ccccc2)c(=O)oc2cc(OCC(=O)N[C@H](CCCNC(N)=O)C(=O)O)ccc12. The molecule has 0 bridgehead atoms. The predicted molar refractivity (Wildman–Crippen MR) is 128 cm³/mol. The Morgan fingerprint density at radius 3 is 2.57 bits per heavy atom. The summed E-state index contributed by atoms with van der Waals surface area (Å²) in [5.41, 5.74) is 7.22. The van der Waals surface area contributed by atoms with Crippen LogP contribution in [0.1, 0.15) is 29.5 Å². The number of benzene rings is 2. The quantitative estimate of drug-likeness (QED) is 0.241. The van der Waals surface area contributed by atoms with Gasteiger partial charge in [-0.3, -0.25) is 4.79 Å². The summed E-state index contributed by atoms with van der Waals surface area (Å²) in [5.74, 6) is -1.54. The molecule has 35 heavy (non-hydrogen) atoms. The Balaban J connectivity index is 1.63. The van der Waals surface area contributed by atoms with E-state index in [2.05, 4.69) is 10.6 Å². The zero-order valence-corrected chi connectivity index (χ0v) is 19.2. The third-order valence-corrected chi connectivity index (χ3v) is 5.45. The maximum absolute atomic E-state index is 12.6. The Kier molecular flexibility index (Phi) is 8.44. The lowest BCUT2D eigenvalue weighted by Crippen LogP contribution is -2.43. The molecule has 0 spiro atoms. The van der Waals surface area contributed by atoms with Crippen molar-refractivity contribution in [2.75, 3.05) is 13.2 Å². The Hall–Kier alpha value is -4.34. The molecule has 1 atom stereocenters. The van der Waals surface area contributed by atoms with Gasteiger partial charge in [0.2, 0.25) is 0 Å². The standard InChI is InChI=1S/C25H27N3O7/c1-15-18-10-9-17(13-21(18)35-24(32)19(15)12-16-6-3-2-4-7-16)34-14-22(29)28-20(23(30)31)8-5-11-27-25(26)33/h2-4,6-7,9-10,13,20H,5,8,11-12,14H2,1H3,(H,28,29)(H,30,31)(H3,26,27,33)/t20-/m1/s1. The van der Waals surface area contributed by atoms with E-state index >= 15 is 0 Å². The normalized spacial score (nSPS) is 11.6. The number of hydrogen-bond acceptors (Lipinski definition) is 6. The van der Waals surface area contributed by atoms with E-state index in [-0.39, 0.29) is 13.0 Å². The van der Waals surface area contributed by atoms with E-state index in [4.69, 9.17) is 14.9 Å². The number of aryl methyl sites for hydroxylation is 1. The van der Waals surface area contributed by atoms with Gasteiger partial charge in [0, 0.05) is 30.0 Å². The predicted octanol–water partition coefficient (Wildman–Crippen LogP) is 2.09. The van der Waals surface area contributed by atoms with Crippen molar-refractivity contribution in [2.24, 2.45) is 5.73 Å². The van der Waals surface area contributed by atoms with Crippen LogP contribution in [0.4, 0.5) is 4.79 Å². The minimum Gasteiger partial charge on any atom is -0.484 e. The number of urea groups is 1. The number of primary amides is 1. The van der Waals surface area contributed by atoms with Gasteiger partial charge < -0.3 is 30.6 Å². The van der Waals surface area contributed by atoms with Gasteiger partial charge in [0.25, 0.3) is 5.91 Å². The highest BCUT2D eigenvalue weighted by Gasteiger charge is 2.20. The molecule has 3 rings (SSSR count). The van der Waals surface area contributed by atoms with Gasteiger partial charge in [-0.25, -0.2) is 14.4 Å². The lowest BCUT2D eigenvalue weighted by atomic mass is 10.00. The van der Waals surface area contributed by atoms with Crippen molar-refractivity contribution in [1.29, 1.82) is 0 Å². The number of nitrogens with two attached hydrogens (primary N) is 1. The second-order valence-corrected chi connectivity index (χ2v) is 7.99. The molecule has 1 heterocycles. The van der Waals surface area contributed by atoms with Crippen LogP contribution >= 0.6 is 0 Å². The zero-order valence-electron chi connectivity index (χ0n) is 19.2. The van der Waals surface area contributed by atoms with Crippen molar-refractivity contribution in [3.63, 3.8) is 0 Å². The van der Waals surface area contributed by atoms with E-state index in [0.717, 1.165) is 16.5 Å². The number of ether oxygens (including phenoxy) is 1. The number of hydrogen-bond donors (Lipinski definition) is 4. The van der Waals surface area contributed by atoms with E-state index in [1.165, 1.54) is 6.07 Å². The number of carbonyl (C=O) groups is 3. The molecule has 5 N–H and O–H groups in total. The largest absolute Gasteiger partial charge is 0.484 e. The fourth-order valence-corrected chi connectivity index (χ4v) is 3.63. The molecule has 10 heteroatoms. The molecule has 0 aliphatic rings. The summed E-state index contributed by atoms with van der Waals surface area (Å²) in [4.78, 5) is 46.9. The first-order valence-corrected chi connectivity index (χ1v) is 11.0. The van der Waals surface area contributed by atoms with E-state index < -0.39 is 36.2 Å². The molecule has 0 fully saturated rings. The van der Waals surface area contributed by atoms with Crippen molar-refractivity contribution in [2.45, 2.75) is 32.2 Å². The van der Waals surface area contributed by atoms with E-state index in [1.54, 1.807) is 12.1 Å². The number of carbonyl (C=O) groups excluding carboxylic acids is 2. The first kappa shape index (κ1) is 25.3. The Bertz CT molecular complexity index is 1270. The van der Waals surface area contributed by atoms with Crippen LogP contribution in [-0.4, -0.2) is 42.2 Å². The number of aliphatic carboxylic acids is 1. The monoisotopic (exact) mass is 481 g/mol. The van der Waals surface area contributed by atoms with Gasteiger partial charge in [-0.05, 0) is 43.0 Å². The molecular weight excluding hydrogens is 454 g/mol. The molecule has 0 saturated carbocycles. The van der Waals surface area contributed by atoms with Gasteiger partial charge in [0.15, 0.2) is 6.61 Å². The van der Waals surface area contributed by atoms with Crippen LogP contribution in [-0.2, 0) is 16.0 Å². The van der Waals surface area contributed by atoms with E-state index in [0.29, 0.717) is 29.7 Å². The topological polar surface area (TPSA) is 161 Å². The third-order valence-electron chi connectivity index (χ3n) is 5.45. The van der Waals surface area contributed by atoms with Gasteiger partial charge in [0.05, 0.1) is 0 Å². The molecule has 3 amide bonds. The summed E-state index contributed by atoms with van der Waals surface area (Å²) in [6.45, 7) is 1.63. The van der Waals surface area contributed by atoms with Crippen LogP contribution in [0.15, 0.2) is 57.7 Å². The molecule has 0 aliphatic heterocycles. The van der Waals surface area contributed by atoms with E-state index in [1.807, 2.05) is 37.3 Å². The summed E-state index contributed by atoms with van der Waals surface area (Å²) in [7, 11) is 0. The van der Waals surface area contributed by atoms with E-state index in [9.17, 15) is 24.3 Å². The maximum Gasteiger partial charge on any atom is 0.340 e. The van der Waals surface area contributed by atoms with Crippen LogP contribution in [0.25, 0.3) is 11.0 Å². The lowest BCUT2D eigenvalue weighted by molar-refractivity contribution is -0.142. The Morgan fingerprint density at radius 2 is 1.89 bits per heavy atom. The van der Waals surface area contributed by atoms with Crippen molar-refractivity contribution in [3.05, 3.63) is 75.6 Å². The summed E-state index contributed by atoms with van der Waals surface area (Å²) < 4.78 is 11.0. The average molecular weight is 482 g/mol. The summed E-state index contributed by atoms with van der Waals surface area (Å²) in [5, 5.41) is 14.8. The van der Waals surface area contributed by atoms with Gasteiger partial charge in [0.1, 0.15) is 17.4 Å². The first-order valence-electron chi connectivity index (χ1n) is 11.0. The average Bonchev–Trinajstić information content (AvgIpc) is 2.82. The van der Waals surface area contributed by atoms with Crippen molar-refractivity contribution < 1.29 is 28.6 Å². The second-order valence-electron chi connectivity index (χ2n) is 7.99. The fourth-order valence-electron chi connectivity index (χ4n) is 3.63. The molecule has 0 saturated heterocycles. The number of amides is 3. The number of rotatable bonds is 11. The van der Waals surface area contributed by atoms with Crippen molar-refractivity contribution in [3.8, 4) is 5.75 Å². The highest BCUT2D eigenvalue weighted by atomic mass is 16.5. The van der Waals surface area contributed by atoms with Crippen LogP contribution in [0, 0.1) is 6.92 Å². The molecule has 0 radical (unpaired) electrons. The van der Waals surface area contributed by atoms with Crippen LogP contribution in [0.2, 0.25) is 0 Å². The van der Waals surface area contributed by atoms with Crippen LogP contribution in [0.3, 0.4) is 0 Å². The fraction of sp³-hybridized carbons (Fsp3) is 0.280. The third kappa shape index (κ3) is 7.07. The number of carboxylic acid groups (broad SMARTS) is 1. The zero-order chi connectivity index (χ0) is 25.4. The Morgan fingerprint density at radius 1 is 1.14 bits per heavy atom. The lowest BCUT2D eigenvalue weighted by Gasteiger charge is -2.15. The van der Waals surface area contributed by atoms with Crippen LogP contribution < -0.4 is 26.7 Å². The molecule has 0 aliphatic carbocycles. The second kappa shape index (κ2) is 11.7. The summed E-state index contributed by atoms with van der Waals surface area (Å²) in [6.07, 6.45) is 0.871. The van der Waals surface area contributed by atoms with Crippen molar-refractivity contribution in [1.82, 2.24) is 10.6 Å². The van der Waals surface area contributed by atoms with Gasteiger partial charge in [-0.2, -0.15) is 0 Å². The number of nitrogens with one attached hydrogen (secondary N) is 2. The molecule has 3 aromatic rings. The molecule has 184 valence electrons. The van der Waals surface area contributed by atoms with Crippen molar-refractivity contribution >= 4 is 28.9 Å². The highest BCUT2D eigenvalue weighted by molar-refractivity contribution is 5.85. The summed E-state index contributed by atoms with van der Waals surface area (Å²) in [6, 6.07) is 12.7.